The molecule has 0 bridgehead atoms. The number of nitrogens with zero attached hydrogens (tertiary/aromatic N) is 1. The summed E-state index contributed by atoms with van der Waals surface area (Å²) in [6.07, 6.45) is 0. The first-order valence-electron chi connectivity index (χ1n) is 5.55. The summed E-state index contributed by atoms with van der Waals surface area (Å²) >= 11 is 6.03. The van der Waals surface area contributed by atoms with Crippen LogP contribution in [0.5, 0.6) is 0 Å². The van der Waals surface area contributed by atoms with E-state index in [0.717, 1.165) is 5.69 Å². The minimum Gasteiger partial charge on any atom is -0.267 e. The van der Waals surface area contributed by atoms with Crippen molar-refractivity contribution in [2.75, 3.05) is 12.1 Å². The molecule has 18 heavy (non-hydrogen) atoms. The summed E-state index contributed by atoms with van der Waals surface area (Å²) in [5, 5.41) is 1.90. The van der Waals surface area contributed by atoms with Gasteiger partial charge < -0.3 is 0 Å². The molecule has 2 aromatic carbocycles. The van der Waals surface area contributed by atoms with Gasteiger partial charge in [0, 0.05) is 7.05 Å². The fraction of sp³-hybridized carbons (Fsp3) is 0.0714. The van der Waals surface area contributed by atoms with Crippen LogP contribution in [0.2, 0.25) is 5.02 Å². The lowest BCUT2D eigenvalue weighted by Crippen LogP contribution is -2.40. The molecule has 0 aliphatic heterocycles. The molecule has 1 amide bonds. The Kier molecular flexibility index (Phi) is 3.97. The predicted octanol–water partition coefficient (Wildman–Crippen LogP) is 3.12. The molecule has 0 saturated heterocycles. The van der Waals surface area contributed by atoms with Crippen LogP contribution in [-0.4, -0.2) is 13.0 Å². The van der Waals surface area contributed by atoms with E-state index in [0.29, 0.717) is 10.6 Å². The Hall–Kier alpha value is -1.84. The molecule has 0 spiro atoms. The molecule has 2 rings (SSSR count). The fourth-order valence-corrected chi connectivity index (χ4v) is 1.90. The number of rotatable bonds is 3. The molecule has 0 aromatic heterocycles. The number of benzene rings is 2. The van der Waals surface area contributed by atoms with Crippen molar-refractivity contribution in [1.82, 2.24) is 5.43 Å². The van der Waals surface area contributed by atoms with Crippen LogP contribution >= 0.6 is 11.6 Å². The van der Waals surface area contributed by atoms with Gasteiger partial charge in [0.25, 0.3) is 5.91 Å². The molecular weight excluding hydrogens is 248 g/mol. The number of carbonyl (C=O) groups is 1. The summed E-state index contributed by atoms with van der Waals surface area (Å²) in [6.45, 7) is 0. The molecule has 92 valence electrons. The standard InChI is InChI=1S/C14H13ClN2O/c1-16-17(11-7-3-2-4-8-11)14(18)12-9-5-6-10-13(12)15/h2-10,16H,1H3. The Morgan fingerprint density at radius 1 is 1.06 bits per heavy atom. The number of hydrogen-bond donors (Lipinski definition) is 1. The van der Waals surface area contributed by atoms with Crippen LogP contribution in [0, 0.1) is 0 Å². The quantitative estimate of drug-likeness (QED) is 0.860. The zero-order valence-corrected chi connectivity index (χ0v) is 10.7. The minimum atomic E-state index is -0.186. The monoisotopic (exact) mass is 260 g/mol. The van der Waals surface area contributed by atoms with Crippen molar-refractivity contribution in [2.45, 2.75) is 0 Å². The lowest BCUT2D eigenvalue weighted by Gasteiger charge is -2.21. The van der Waals surface area contributed by atoms with Gasteiger partial charge in [-0.1, -0.05) is 41.9 Å². The number of amides is 1. The fourth-order valence-electron chi connectivity index (χ4n) is 1.68. The first-order valence-corrected chi connectivity index (χ1v) is 5.93. The van der Waals surface area contributed by atoms with Crippen LogP contribution in [0.25, 0.3) is 0 Å². The zero-order chi connectivity index (χ0) is 13.0. The average molecular weight is 261 g/mol. The molecule has 2 aromatic rings. The van der Waals surface area contributed by atoms with Crippen molar-refractivity contribution in [3.05, 3.63) is 65.2 Å². The number of anilines is 1. The SMILES string of the molecule is CNN(C(=O)c1ccccc1Cl)c1ccccc1. The molecule has 0 radical (unpaired) electrons. The molecular formula is C14H13ClN2O. The van der Waals surface area contributed by atoms with Crippen molar-refractivity contribution in [1.29, 1.82) is 0 Å². The molecule has 0 aliphatic rings. The van der Waals surface area contributed by atoms with Gasteiger partial charge in [-0.3, -0.25) is 4.79 Å². The van der Waals surface area contributed by atoms with Crippen molar-refractivity contribution >= 4 is 23.2 Å². The Morgan fingerprint density at radius 2 is 1.67 bits per heavy atom. The zero-order valence-electron chi connectivity index (χ0n) is 9.93. The molecule has 0 aliphatic carbocycles. The first kappa shape index (κ1) is 12.6. The number of nitrogens with one attached hydrogen (secondary N) is 1. The normalized spacial score (nSPS) is 10.1. The highest BCUT2D eigenvalue weighted by Gasteiger charge is 2.18. The number of hydrogen-bond acceptors (Lipinski definition) is 2. The van der Waals surface area contributed by atoms with Crippen LogP contribution in [0.3, 0.4) is 0 Å². The van der Waals surface area contributed by atoms with Gasteiger partial charge in [-0.25, -0.2) is 10.4 Å². The lowest BCUT2D eigenvalue weighted by atomic mass is 10.2. The molecule has 0 heterocycles. The van der Waals surface area contributed by atoms with Gasteiger partial charge in [0.15, 0.2) is 0 Å². The second-order valence-corrected chi connectivity index (χ2v) is 4.09. The highest BCUT2D eigenvalue weighted by molar-refractivity contribution is 6.34. The maximum Gasteiger partial charge on any atom is 0.274 e. The summed E-state index contributed by atoms with van der Waals surface area (Å²) in [5.74, 6) is -0.186. The van der Waals surface area contributed by atoms with Crippen LogP contribution in [0.1, 0.15) is 10.4 Å². The van der Waals surface area contributed by atoms with E-state index in [2.05, 4.69) is 5.43 Å². The second-order valence-electron chi connectivity index (χ2n) is 3.68. The number of halogens is 1. The van der Waals surface area contributed by atoms with Crippen molar-refractivity contribution in [3.8, 4) is 0 Å². The number of para-hydroxylation sites is 1. The maximum atomic E-state index is 12.4. The van der Waals surface area contributed by atoms with Gasteiger partial charge in [0.1, 0.15) is 0 Å². The van der Waals surface area contributed by atoms with Crippen LogP contribution in [0.4, 0.5) is 5.69 Å². The third kappa shape index (κ3) is 2.53. The molecule has 4 heteroatoms. The molecule has 3 nitrogen and oxygen atoms in total. The van der Waals surface area contributed by atoms with Crippen molar-refractivity contribution in [3.63, 3.8) is 0 Å². The van der Waals surface area contributed by atoms with Crippen LogP contribution < -0.4 is 10.4 Å². The van der Waals surface area contributed by atoms with Gasteiger partial charge in [-0.05, 0) is 24.3 Å². The lowest BCUT2D eigenvalue weighted by molar-refractivity contribution is 0.0977. The third-order valence-corrected chi connectivity index (χ3v) is 2.87. The summed E-state index contributed by atoms with van der Waals surface area (Å²) in [4.78, 5) is 12.4. The van der Waals surface area contributed by atoms with E-state index in [-0.39, 0.29) is 5.91 Å². The largest absolute Gasteiger partial charge is 0.274 e. The second kappa shape index (κ2) is 5.67. The summed E-state index contributed by atoms with van der Waals surface area (Å²) < 4.78 is 0. The summed E-state index contributed by atoms with van der Waals surface area (Å²) in [5.41, 5.74) is 4.11. The summed E-state index contributed by atoms with van der Waals surface area (Å²) in [7, 11) is 1.70. The minimum absolute atomic E-state index is 0.186. The van der Waals surface area contributed by atoms with Gasteiger partial charge >= 0.3 is 0 Å². The number of hydrazine groups is 1. The van der Waals surface area contributed by atoms with Crippen LogP contribution in [-0.2, 0) is 0 Å². The van der Waals surface area contributed by atoms with Crippen molar-refractivity contribution < 1.29 is 4.79 Å². The van der Waals surface area contributed by atoms with Gasteiger partial charge in [0.05, 0.1) is 16.3 Å². The Labute approximate surface area is 111 Å². The van der Waals surface area contributed by atoms with E-state index in [1.54, 1.807) is 31.3 Å². The van der Waals surface area contributed by atoms with Crippen molar-refractivity contribution in [2.24, 2.45) is 0 Å². The summed E-state index contributed by atoms with van der Waals surface area (Å²) in [6, 6.07) is 16.3. The topological polar surface area (TPSA) is 32.3 Å². The Bertz CT molecular complexity index is 543. The maximum absolute atomic E-state index is 12.4. The first-order chi connectivity index (χ1) is 8.74. The van der Waals surface area contributed by atoms with Crippen LogP contribution in [0.15, 0.2) is 54.6 Å². The van der Waals surface area contributed by atoms with Gasteiger partial charge in [-0.2, -0.15) is 0 Å². The highest BCUT2D eigenvalue weighted by atomic mass is 35.5. The van der Waals surface area contributed by atoms with E-state index in [1.165, 1.54) is 5.01 Å². The molecule has 1 N–H and O–H groups in total. The number of carbonyl (C=O) groups excluding carboxylic acids is 1. The molecule has 0 unspecified atom stereocenters. The molecule has 0 saturated carbocycles. The molecule has 0 atom stereocenters. The van der Waals surface area contributed by atoms with Gasteiger partial charge in [0.2, 0.25) is 0 Å². The van der Waals surface area contributed by atoms with E-state index < -0.39 is 0 Å². The van der Waals surface area contributed by atoms with Gasteiger partial charge in [-0.15, -0.1) is 0 Å². The van der Waals surface area contributed by atoms with E-state index in [4.69, 9.17) is 11.6 Å². The predicted molar refractivity (Wildman–Crippen MR) is 73.8 cm³/mol. The smallest absolute Gasteiger partial charge is 0.267 e. The van der Waals surface area contributed by atoms with E-state index >= 15 is 0 Å². The Morgan fingerprint density at radius 3 is 2.28 bits per heavy atom. The van der Waals surface area contributed by atoms with E-state index in [9.17, 15) is 4.79 Å². The molecule has 0 fully saturated rings. The third-order valence-electron chi connectivity index (χ3n) is 2.55. The average Bonchev–Trinajstić information content (AvgIpc) is 2.41. The highest BCUT2D eigenvalue weighted by Crippen LogP contribution is 2.20. The van der Waals surface area contributed by atoms with E-state index in [1.807, 2.05) is 30.3 Å². The Balaban J connectivity index is 2.35.